The van der Waals surface area contributed by atoms with Crippen molar-refractivity contribution < 1.29 is 19.1 Å². The van der Waals surface area contributed by atoms with Gasteiger partial charge in [0, 0.05) is 18.0 Å². The summed E-state index contributed by atoms with van der Waals surface area (Å²) in [4.78, 5) is 28.7. The summed E-state index contributed by atoms with van der Waals surface area (Å²) < 4.78 is 11.3. The second kappa shape index (κ2) is 11.1. The molecule has 0 saturated heterocycles. The number of amides is 2. The fraction of sp³-hybridized carbons (Fsp3) is 0.269. The summed E-state index contributed by atoms with van der Waals surface area (Å²) in [7, 11) is 1.57. The first kappa shape index (κ1) is 23.8. The number of nitrogens with one attached hydrogen (secondary N) is 2. The monoisotopic (exact) mass is 447 g/mol. The van der Waals surface area contributed by atoms with Gasteiger partial charge in [0.25, 0.3) is 5.91 Å². The maximum atomic E-state index is 12.4. The van der Waals surface area contributed by atoms with Gasteiger partial charge < -0.3 is 20.1 Å². The van der Waals surface area contributed by atoms with Gasteiger partial charge in [0.05, 0.1) is 19.7 Å². The largest absolute Gasteiger partial charge is 0.493 e. The Morgan fingerprint density at radius 2 is 1.73 bits per heavy atom. The number of benzene rings is 2. The van der Waals surface area contributed by atoms with Crippen LogP contribution in [0.3, 0.4) is 0 Å². The summed E-state index contributed by atoms with van der Waals surface area (Å²) in [6.45, 7) is 6.09. The van der Waals surface area contributed by atoms with Crippen LogP contribution in [0.25, 0.3) is 0 Å². The van der Waals surface area contributed by atoms with E-state index in [0.717, 1.165) is 22.3 Å². The van der Waals surface area contributed by atoms with Crippen LogP contribution in [0.5, 0.6) is 11.5 Å². The molecule has 0 aliphatic heterocycles. The highest BCUT2D eigenvalue weighted by atomic mass is 16.5. The number of aryl methyl sites for hydroxylation is 2. The number of pyridine rings is 1. The molecular formula is C26H29N3O4. The molecule has 2 N–H and O–H groups in total. The Balaban J connectivity index is 1.55. The highest BCUT2D eigenvalue weighted by molar-refractivity contribution is 5.96. The average molecular weight is 448 g/mol. The summed E-state index contributed by atoms with van der Waals surface area (Å²) in [5.74, 6) is 0.623. The number of aromatic nitrogens is 1. The molecule has 172 valence electrons. The SMILES string of the molecule is COc1cc(C(C)NC(=O)CNC(=O)c2ccc(C)c(C)c2)ccc1OCc1ccncc1. The van der Waals surface area contributed by atoms with Crippen molar-refractivity contribution in [3.63, 3.8) is 0 Å². The Kier molecular flexibility index (Phi) is 8.02. The summed E-state index contributed by atoms with van der Waals surface area (Å²) in [5.41, 5.74) is 4.53. The van der Waals surface area contributed by atoms with Crippen LogP contribution in [0.4, 0.5) is 0 Å². The van der Waals surface area contributed by atoms with Crippen molar-refractivity contribution in [1.82, 2.24) is 15.6 Å². The molecule has 1 aromatic heterocycles. The van der Waals surface area contributed by atoms with Crippen LogP contribution in [-0.4, -0.2) is 30.5 Å². The van der Waals surface area contributed by atoms with Crippen LogP contribution >= 0.6 is 0 Å². The predicted molar refractivity (Wildman–Crippen MR) is 126 cm³/mol. The number of methoxy groups -OCH3 is 1. The molecular weight excluding hydrogens is 418 g/mol. The number of nitrogens with zero attached hydrogens (tertiary/aromatic N) is 1. The van der Waals surface area contributed by atoms with Gasteiger partial charge in [-0.3, -0.25) is 14.6 Å². The maximum Gasteiger partial charge on any atom is 0.251 e. The molecule has 7 heteroatoms. The third-order valence-electron chi connectivity index (χ3n) is 5.39. The van der Waals surface area contributed by atoms with E-state index >= 15 is 0 Å². The normalized spacial score (nSPS) is 11.4. The lowest BCUT2D eigenvalue weighted by molar-refractivity contribution is -0.120. The van der Waals surface area contributed by atoms with Crippen LogP contribution in [0, 0.1) is 13.8 Å². The molecule has 33 heavy (non-hydrogen) atoms. The predicted octanol–water partition coefficient (Wildman–Crippen LogP) is 3.89. The van der Waals surface area contributed by atoms with E-state index in [1.165, 1.54) is 0 Å². The Hall–Kier alpha value is -3.87. The number of ether oxygens (including phenoxy) is 2. The van der Waals surface area contributed by atoms with Crippen LogP contribution in [0.1, 0.15) is 45.6 Å². The second-order valence-electron chi connectivity index (χ2n) is 7.83. The molecule has 7 nitrogen and oxygen atoms in total. The summed E-state index contributed by atoms with van der Waals surface area (Å²) in [6.07, 6.45) is 3.43. The molecule has 2 amide bonds. The van der Waals surface area contributed by atoms with E-state index in [1.54, 1.807) is 25.6 Å². The molecule has 0 aliphatic carbocycles. The van der Waals surface area contributed by atoms with E-state index in [0.29, 0.717) is 23.7 Å². The van der Waals surface area contributed by atoms with Gasteiger partial charge in [-0.2, -0.15) is 0 Å². The summed E-state index contributed by atoms with van der Waals surface area (Å²) >= 11 is 0. The molecule has 0 saturated carbocycles. The van der Waals surface area contributed by atoms with E-state index in [4.69, 9.17) is 9.47 Å². The van der Waals surface area contributed by atoms with Crippen LogP contribution in [0.15, 0.2) is 60.9 Å². The van der Waals surface area contributed by atoms with Gasteiger partial charge in [-0.25, -0.2) is 0 Å². The molecule has 3 rings (SSSR count). The molecule has 0 aliphatic rings. The van der Waals surface area contributed by atoms with E-state index in [2.05, 4.69) is 15.6 Å². The number of carbonyl (C=O) groups is 2. The summed E-state index contributed by atoms with van der Waals surface area (Å²) in [6, 6.07) is 14.5. The van der Waals surface area contributed by atoms with Gasteiger partial charge >= 0.3 is 0 Å². The first-order valence-electron chi connectivity index (χ1n) is 10.7. The lowest BCUT2D eigenvalue weighted by Crippen LogP contribution is -2.38. The van der Waals surface area contributed by atoms with Crippen molar-refractivity contribution in [3.05, 3.63) is 88.7 Å². The van der Waals surface area contributed by atoms with Gasteiger partial charge in [-0.05, 0) is 79.4 Å². The van der Waals surface area contributed by atoms with Gasteiger partial charge in [0.2, 0.25) is 5.91 Å². The topological polar surface area (TPSA) is 89.6 Å². The minimum Gasteiger partial charge on any atom is -0.493 e. The Bertz CT molecular complexity index is 1120. The first-order valence-corrected chi connectivity index (χ1v) is 10.7. The van der Waals surface area contributed by atoms with Gasteiger partial charge in [-0.1, -0.05) is 12.1 Å². The quantitative estimate of drug-likeness (QED) is 0.519. The highest BCUT2D eigenvalue weighted by Gasteiger charge is 2.15. The van der Waals surface area contributed by atoms with Crippen molar-refractivity contribution in [2.75, 3.05) is 13.7 Å². The highest BCUT2D eigenvalue weighted by Crippen LogP contribution is 2.31. The Morgan fingerprint density at radius 1 is 0.970 bits per heavy atom. The van der Waals surface area contributed by atoms with E-state index in [1.807, 2.05) is 63.2 Å². The van der Waals surface area contributed by atoms with Gasteiger partial charge in [-0.15, -0.1) is 0 Å². The van der Waals surface area contributed by atoms with Gasteiger partial charge in [0.1, 0.15) is 6.61 Å². The standard InChI is InChI=1S/C26H29N3O4/c1-17-5-6-22(13-18(17)2)26(31)28-15-25(30)29-19(3)21-7-8-23(24(14-21)32-4)33-16-20-9-11-27-12-10-20/h5-14,19H,15-16H2,1-4H3,(H,28,31)(H,29,30). The third-order valence-corrected chi connectivity index (χ3v) is 5.39. The Labute approximate surface area is 194 Å². The van der Waals surface area contributed by atoms with Crippen LogP contribution in [0.2, 0.25) is 0 Å². The fourth-order valence-corrected chi connectivity index (χ4v) is 3.23. The summed E-state index contributed by atoms with van der Waals surface area (Å²) in [5, 5.41) is 5.56. The molecule has 1 atom stereocenters. The lowest BCUT2D eigenvalue weighted by atomic mass is 10.1. The van der Waals surface area contributed by atoms with Crippen LogP contribution in [-0.2, 0) is 11.4 Å². The number of carbonyl (C=O) groups excluding carboxylic acids is 2. The van der Waals surface area contributed by atoms with E-state index in [-0.39, 0.29) is 24.4 Å². The third kappa shape index (κ3) is 6.55. The molecule has 2 aromatic carbocycles. The molecule has 0 fully saturated rings. The van der Waals surface area contributed by atoms with Crippen molar-refractivity contribution >= 4 is 11.8 Å². The first-order chi connectivity index (χ1) is 15.9. The molecule has 0 radical (unpaired) electrons. The number of hydrogen-bond donors (Lipinski definition) is 2. The van der Waals surface area contributed by atoms with Crippen LogP contribution < -0.4 is 20.1 Å². The molecule has 1 heterocycles. The van der Waals surface area contributed by atoms with Crippen molar-refractivity contribution in [2.45, 2.75) is 33.4 Å². The van der Waals surface area contributed by atoms with Crippen molar-refractivity contribution in [3.8, 4) is 11.5 Å². The zero-order chi connectivity index (χ0) is 23.8. The molecule has 3 aromatic rings. The average Bonchev–Trinajstić information content (AvgIpc) is 2.83. The van der Waals surface area contributed by atoms with Gasteiger partial charge in [0.15, 0.2) is 11.5 Å². The second-order valence-corrected chi connectivity index (χ2v) is 7.83. The fourth-order valence-electron chi connectivity index (χ4n) is 3.23. The number of hydrogen-bond acceptors (Lipinski definition) is 5. The molecule has 0 spiro atoms. The maximum absolute atomic E-state index is 12.4. The molecule has 0 bridgehead atoms. The van der Waals surface area contributed by atoms with E-state index < -0.39 is 0 Å². The molecule has 1 unspecified atom stereocenters. The van der Waals surface area contributed by atoms with E-state index in [9.17, 15) is 9.59 Å². The zero-order valence-electron chi connectivity index (χ0n) is 19.3. The minimum atomic E-state index is -0.281. The smallest absolute Gasteiger partial charge is 0.251 e. The minimum absolute atomic E-state index is 0.111. The van der Waals surface area contributed by atoms with Crippen molar-refractivity contribution in [2.24, 2.45) is 0 Å². The Morgan fingerprint density at radius 3 is 2.42 bits per heavy atom. The number of rotatable bonds is 9. The zero-order valence-corrected chi connectivity index (χ0v) is 19.3. The lowest BCUT2D eigenvalue weighted by Gasteiger charge is -2.17. The van der Waals surface area contributed by atoms with Crippen molar-refractivity contribution in [1.29, 1.82) is 0 Å².